The van der Waals surface area contributed by atoms with E-state index in [-0.39, 0.29) is 25.5 Å². The number of benzene rings is 1. The Labute approximate surface area is 104 Å². The van der Waals surface area contributed by atoms with Crippen LogP contribution < -0.4 is 15.4 Å². The lowest BCUT2D eigenvalue weighted by atomic mass is 10.1. The number of hydrogen-bond acceptors (Lipinski definition) is 4. The summed E-state index contributed by atoms with van der Waals surface area (Å²) in [6.45, 7) is 0.465. The van der Waals surface area contributed by atoms with Crippen molar-refractivity contribution in [3.8, 4) is 5.75 Å². The van der Waals surface area contributed by atoms with Gasteiger partial charge in [-0.3, -0.25) is 9.59 Å². The van der Waals surface area contributed by atoms with Crippen LogP contribution in [0.5, 0.6) is 5.75 Å². The zero-order chi connectivity index (χ0) is 13.1. The number of nitrogens with two attached hydrogens (primary N) is 1. The summed E-state index contributed by atoms with van der Waals surface area (Å²) in [5.41, 5.74) is 7.04. The summed E-state index contributed by atoms with van der Waals surface area (Å²) in [7, 11) is 0. The number of carbonyl (C=O) groups excluding carboxylic acids is 1. The van der Waals surface area contributed by atoms with Crippen LogP contribution in [0.4, 0.5) is 5.69 Å². The van der Waals surface area contributed by atoms with E-state index in [9.17, 15) is 9.59 Å². The molecule has 0 unspecified atom stereocenters. The number of carboxylic acid groups (broad SMARTS) is 1. The van der Waals surface area contributed by atoms with Crippen LogP contribution in [0.3, 0.4) is 0 Å². The molecule has 1 heterocycles. The minimum Gasteiger partial charge on any atom is -0.482 e. The minimum atomic E-state index is -0.936. The van der Waals surface area contributed by atoms with Crippen molar-refractivity contribution in [3.63, 3.8) is 0 Å². The average molecular weight is 250 g/mol. The van der Waals surface area contributed by atoms with Crippen LogP contribution in [0.2, 0.25) is 0 Å². The first-order chi connectivity index (χ1) is 8.61. The molecule has 18 heavy (non-hydrogen) atoms. The SMILES string of the molecule is NCc1ccc2c(c1)OCC(=O)N2CCC(=O)O. The molecule has 0 saturated carbocycles. The Morgan fingerprint density at radius 3 is 2.94 bits per heavy atom. The summed E-state index contributed by atoms with van der Waals surface area (Å²) in [6, 6.07) is 5.31. The molecule has 1 amide bonds. The molecule has 0 radical (unpaired) electrons. The normalized spacial score (nSPS) is 14.1. The highest BCUT2D eigenvalue weighted by atomic mass is 16.5. The van der Waals surface area contributed by atoms with Gasteiger partial charge in [-0.2, -0.15) is 0 Å². The molecule has 0 aromatic heterocycles. The van der Waals surface area contributed by atoms with Gasteiger partial charge in [-0.15, -0.1) is 0 Å². The summed E-state index contributed by atoms with van der Waals surface area (Å²) >= 11 is 0. The average Bonchev–Trinajstić information content (AvgIpc) is 2.36. The first-order valence-corrected chi connectivity index (χ1v) is 5.60. The minimum absolute atomic E-state index is 0.0688. The Bertz CT molecular complexity index is 487. The lowest BCUT2D eigenvalue weighted by Gasteiger charge is -2.29. The highest BCUT2D eigenvalue weighted by molar-refractivity contribution is 5.98. The molecule has 0 saturated heterocycles. The number of carboxylic acids is 1. The summed E-state index contributed by atoms with van der Waals surface area (Å²) in [5, 5.41) is 8.67. The molecular formula is C12H14N2O4. The molecule has 0 spiro atoms. The van der Waals surface area contributed by atoms with Crippen molar-refractivity contribution in [3.05, 3.63) is 23.8 Å². The van der Waals surface area contributed by atoms with Crippen LogP contribution in [0.1, 0.15) is 12.0 Å². The van der Waals surface area contributed by atoms with Gasteiger partial charge in [-0.05, 0) is 17.7 Å². The molecule has 1 aromatic carbocycles. The Hall–Kier alpha value is -2.08. The molecule has 96 valence electrons. The second-order valence-corrected chi connectivity index (χ2v) is 3.98. The zero-order valence-electron chi connectivity index (χ0n) is 9.76. The number of nitrogens with zero attached hydrogens (tertiary/aromatic N) is 1. The van der Waals surface area contributed by atoms with E-state index in [1.165, 1.54) is 4.90 Å². The zero-order valence-corrected chi connectivity index (χ0v) is 9.76. The molecule has 0 aliphatic carbocycles. The molecule has 6 nitrogen and oxygen atoms in total. The molecule has 0 bridgehead atoms. The van der Waals surface area contributed by atoms with Gasteiger partial charge in [-0.25, -0.2) is 0 Å². The van der Waals surface area contributed by atoms with Gasteiger partial charge in [0, 0.05) is 13.1 Å². The van der Waals surface area contributed by atoms with E-state index in [1.54, 1.807) is 18.2 Å². The third-order valence-electron chi connectivity index (χ3n) is 2.75. The molecule has 1 aromatic rings. The van der Waals surface area contributed by atoms with E-state index in [2.05, 4.69) is 0 Å². The molecule has 0 atom stereocenters. The third-order valence-corrected chi connectivity index (χ3v) is 2.75. The summed E-state index contributed by atoms with van der Waals surface area (Å²) in [6.07, 6.45) is -0.0934. The van der Waals surface area contributed by atoms with Crippen LogP contribution in [-0.2, 0) is 16.1 Å². The van der Waals surface area contributed by atoms with Crippen molar-refractivity contribution < 1.29 is 19.4 Å². The van der Waals surface area contributed by atoms with E-state index >= 15 is 0 Å². The Kier molecular flexibility index (Phi) is 3.47. The maximum atomic E-state index is 11.7. The van der Waals surface area contributed by atoms with Gasteiger partial charge in [0.25, 0.3) is 5.91 Å². The standard InChI is InChI=1S/C12H14N2O4/c13-6-8-1-2-9-10(5-8)18-7-11(15)14(9)4-3-12(16)17/h1-2,5H,3-4,6-7,13H2,(H,16,17). The van der Waals surface area contributed by atoms with Gasteiger partial charge >= 0.3 is 5.97 Å². The van der Waals surface area contributed by atoms with Crippen LogP contribution in [-0.4, -0.2) is 30.1 Å². The van der Waals surface area contributed by atoms with Crippen molar-refractivity contribution in [2.24, 2.45) is 5.73 Å². The van der Waals surface area contributed by atoms with E-state index in [0.717, 1.165) is 5.56 Å². The predicted molar refractivity (Wildman–Crippen MR) is 64.4 cm³/mol. The van der Waals surface area contributed by atoms with Gasteiger partial charge in [0.1, 0.15) is 5.75 Å². The number of amides is 1. The van der Waals surface area contributed by atoms with Gasteiger partial charge in [-0.1, -0.05) is 6.07 Å². The Morgan fingerprint density at radius 1 is 1.50 bits per heavy atom. The van der Waals surface area contributed by atoms with Crippen LogP contribution in [0, 0.1) is 0 Å². The summed E-state index contributed by atoms with van der Waals surface area (Å²) in [4.78, 5) is 23.7. The number of carbonyl (C=O) groups is 2. The van der Waals surface area contributed by atoms with E-state index in [4.69, 9.17) is 15.6 Å². The van der Waals surface area contributed by atoms with Crippen molar-refractivity contribution in [1.82, 2.24) is 0 Å². The van der Waals surface area contributed by atoms with E-state index in [0.29, 0.717) is 18.0 Å². The maximum Gasteiger partial charge on any atom is 0.305 e. The maximum absolute atomic E-state index is 11.7. The second-order valence-electron chi connectivity index (χ2n) is 3.98. The smallest absolute Gasteiger partial charge is 0.305 e. The fourth-order valence-corrected chi connectivity index (χ4v) is 1.83. The monoisotopic (exact) mass is 250 g/mol. The van der Waals surface area contributed by atoms with Gasteiger partial charge < -0.3 is 20.5 Å². The first kappa shape index (κ1) is 12.4. The van der Waals surface area contributed by atoms with Gasteiger partial charge in [0.2, 0.25) is 0 Å². The quantitative estimate of drug-likeness (QED) is 0.804. The molecule has 0 fully saturated rings. The molecule has 2 rings (SSSR count). The number of aliphatic carboxylic acids is 1. The third kappa shape index (κ3) is 2.43. The van der Waals surface area contributed by atoms with Crippen molar-refractivity contribution in [2.45, 2.75) is 13.0 Å². The van der Waals surface area contributed by atoms with Gasteiger partial charge in [0.15, 0.2) is 6.61 Å². The number of hydrogen-bond donors (Lipinski definition) is 2. The fraction of sp³-hybridized carbons (Fsp3) is 0.333. The van der Waals surface area contributed by atoms with E-state index in [1.807, 2.05) is 0 Å². The highest BCUT2D eigenvalue weighted by Gasteiger charge is 2.25. The van der Waals surface area contributed by atoms with E-state index < -0.39 is 5.97 Å². The second kappa shape index (κ2) is 5.05. The summed E-state index contributed by atoms with van der Waals surface area (Å²) < 4.78 is 5.32. The van der Waals surface area contributed by atoms with Gasteiger partial charge in [0.05, 0.1) is 12.1 Å². The van der Waals surface area contributed by atoms with Crippen molar-refractivity contribution >= 4 is 17.6 Å². The van der Waals surface area contributed by atoms with Crippen LogP contribution >= 0.6 is 0 Å². The largest absolute Gasteiger partial charge is 0.482 e. The lowest BCUT2D eigenvalue weighted by molar-refractivity contribution is -0.136. The molecule has 6 heteroatoms. The molecule has 1 aliphatic heterocycles. The molecular weight excluding hydrogens is 236 g/mol. The fourth-order valence-electron chi connectivity index (χ4n) is 1.83. The topological polar surface area (TPSA) is 92.9 Å². The Balaban J connectivity index is 2.26. The lowest BCUT2D eigenvalue weighted by Crippen LogP contribution is -2.40. The Morgan fingerprint density at radius 2 is 2.28 bits per heavy atom. The number of anilines is 1. The van der Waals surface area contributed by atoms with Crippen LogP contribution in [0.25, 0.3) is 0 Å². The molecule has 3 N–H and O–H groups in total. The van der Waals surface area contributed by atoms with Crippen LogP contribution in [0.15, 0.2) is 18.2 Å². The number of rotatable bonds is 4. The summed E-state index contributed by atoms with van der Waals surface area (Å²) in [5.74, 6) is -0.596. The molecule has 1 aliphatic rings. The first-order valence-electron chi connectivity index (χ1n) is 5.60. The number of ether oxygens (including phenoxy) is 1. The highest BCUT2D eigenvalue weighted by Crippen LogP contribution is 2.32. The number of fused-ring (bicyclic) bond motifs is 1. The van der Waals surface area contributed by atoms with Crippen molar-refractivity contribution in [2.75, 3.05) is 18.1 Å². The van der Waals surface area contributed by atoms with Crippen molar-refractivity contribution in [1.29, 1.82) is 0 Å². The predicted octanol–water partition coefficient (Wildman–Crippen LogP) is 0.345.